The first-order valence-corrected chi connectivity index (χ1v) is 5.62. The minimum absolute atomic E-state index is 0.110. The van der Waals surface area contributed by atoms with E-state index in [-0.39, 0.29) is 6.42 Å². The fourth-order valence-electron chi connectivity index (χ4n) is 1.84. The molecule has 5 heteroatoms. The fraction of sp³-hybridized carbons (Fsp3) is 0.462. The van der Waals surface area contributed by atoms with Gasteiger partial charge in [0, 0.05) is 5.56 Å². The zero-order valence-electron chi connectivity index (χ0n) is 10.7. The molecule has 0 fully saturated rings. The van der Waals surface area contributed by atoms with Crippen molar-refractivity contribution < 1.29 is 24.5 Å². The largest absolute Gasteiger partial charge is 0.493 e. The predicted molar refractivity (Wildman–Crippen MR) is 65.9 cm³/mol. The lowest BCUT2D eigenvalue weighted by molar-refractivity contribution is -0.139. The van der Waals surface area contributed by atoms with Gasteiger partial charge in [-0.1, -0.05) is 19.1 Å². The molecule has 0 spiro atoms. The lowest BCUT2D eigenvalue weighted by Gasteiger charge is -2.21. The minimum Gasteiger partial charge on any atom is -0.493 e. The number of para-hydroxylation sites is 1. The molecule has 1 aromatic carbocycles. The lowest BCUT2D eigenvalue weighted by atomic mass is 9.94. The lowest BCUT2D eigenvalue weighted by Crippen LogP contribution is -2.14. The van der Waals surface area contributed by atoms with Gasteiger partial charge < -0.3 is 19.7 Å². The molecule has 1 aromatic rings. The first kappa shape index (κ1) is 14.3. The Balaban J connectivity index is 3.04. The van der Waals surface area contributed by atoms with E-state index in [0.29, 0.717) is 17.1 Å². The summed E-state index contributed by atoms with van der Waals surface area (Å²) in [6, 6.07) is 5.15. The van der Waals surface area contributed by atoms with Gasteiger partial charge in [-0.2, -0.15) is 0 Å². The maximum absolute atomic E-state index is 10.7. The third kappa shape index (κ3) is 3.13. The highest BCUT2D eigenvalue weighted by molar-refractivity contribution is 5.67. The molecule has 0 radical (unpaired) electrons. The summed E-state index contributed by atoms with van der Waals surface area (Å²) in [6.07, 6.45) is -1.02. The number of aliphatic carboxylic acids is 1. The topological polar surface area (TPSA) is 76.0 Å². The van der Waals surface area contributed by atoms with Crippen LogP contribution in [0.15, 0.2) is 18.2 Å². The Bertz CT molecular complexity index is 416. The molecule has 2 unspecified atom stereocenters. The molecule has 0 aliphatic carbocycles. The Morgan fingerprint density at radius 1 is 1.33 bits per heavy atom. The summed E-state index contributed by atoms with van der Waals surface area (Å²) in [5, 5.41) is 18.9. The average molecular weight is 254 g/mol. The van der Waals surface area contributed by atoms with Crippen LogP contribution in [0.25, 0.3) is 0 Å². The Kier molecular flexibility index (Phi) is 4.97. The number of aliphatic hydroxyl groups is 1. The standard InChI is InChI=1S/C13H18O5/c1-8(7-11(14)15)12(16)9-5-4-6-10(17-2)13(9)18-3/h4-6,8,12,16H,7H2,1-3H3,(H,14,15). The molecule has 2 atom stereocenters. The molecule has 0 heterocycles. The van der Waals surface area contributed by atoms with Crippen LogP contribution < -0.4 is 9.47 Å². The number of methoxy groups -OCH3 is 2. The number of benzene rings is 1. The third-order valence-corrected chi connectivity index (χ3v) is 2.79. The number of ether oxygens (including phenoxy) is 2. The van der Waals surface area contributed by atoms with E-state index in [1.54, 1.807) is 25.1 Å². The molecule has 1 rings (SSSR count). The zero-order valence-corrected chi connectivity index (χ0v) is 10.7. The molecular weight excluding hydrogens is 236 g/mol. The number of carboxylic acid groups (broad SMARTS) is 1. The second-order valence-electron chi connectivity index (χ2n) is 4.10. The van der Waals surface area contributed by atoms with E-state index >= 15 is 0 Å². The molecule has 0 aromatic heterocycles. The number of aliphatic hydroxyl groups excluding tert-OH is 1. The Labute approximate surface area is 106 Å². The van der Waals surface area contributed by atoms with Crippen LogP contribution in [0.2, 0.25) is 0 Å². The Morgan fingerprint density at radius 2 is 2.00 bits per heavy atom. The van der Waals surface area contributed by atoms with Gasteiger partial charge in [-0.25, -0.2) is 0 Å². The number of carbonyl (C=O) groups is 1. The Hall–Kier alpha value is -1.75. The third-order valence-electron chi connectivity index (χ3n) is 2.79. The fourth-order valence-corrected chi connectivity index (χ4v) is 1.84. The van der Waals surface area contributed by atoms with Crippen LogP contribution >= 0.6 is 0 Å². The first-order chi connectivity index (χ1) is 8.51. The summed E-state index contributed by atoms with van der Waals surface area (Å²) in [7, 11) is 2.99. The summed E-state index contributed by atoms with van der Waals surface area (Å²) in [5.74, 6) is -0.409. The van der Waals surface area contributed by atoms with E-state index in [4.69, 9.17) is 14.6 Å². The van der Waals surface area contributed by atoms with Gasteiger partial charge >= 0.3 is 5.97 Å². The number of rotatable bonds is 6. The molecule has 2 N–H and O–H groups in total. The van der Waals surface area contributed by atoms with Crippen LogP contribution in [0.5, 0.6) is 11.5 Å². The highest BCUT2D eigenvalue weighted by Crippen LogP contribution is 2.37. The monoisotopic (exact) mass is 254 g/mol. The van der Waals surface area contributed by atoms with Crippen molar-refractivity contribution in [1.29, 1.82) is 0 Å². The highest BCUT2D eigenvalue weighted by Gasteiger charge is 2.23. The SMILES string of the molecule is COc1cccc(C(O)C(C)CC(=O)O)c1OC. The van der Waals surface area contributed by atoms with Gasteiger partial charge in [0.15, 0.2) is 11.5 Å². The average Bonchev–Trinajstić information content (AvgIpc) is 2.35. The van der Waals surface area contributed by atoms with Gasteiger partial charge in [0.25, 0.3) is 0 Å². The highest BCUT2D eigenvalue weighted by atomic mass is 16.5. The molecule has 18 heavy (non-hydrogen) atoms. The molecule has 0 aliphatic rings. The summed E-state index contributed by atoms with van der Waals surface area (Å²) in [6.45, 7) is 1.68. The number of hydrogen-bond acceptors (Lipinski definition) is 4. The van der Waals surface area contributed by atoms with Crippen LogP contribution in [-0.2, 0) is 4.79 Å². The molecule has 0 saturated heterocycles. The molecule has 0 aliphatic heterocycles. The van der Waals surface area contributed by atoms with Crippen LogP contribution in [0.3, 0.4) is 0 Å². The van der Waals surface area contributed by atoms with Crippen LogP contribution in [0, 0.1) is 5.92 Å². The van der Waals surface area contributed by atoms with Crippen LogP contribution in [0.4, 0.5) is 0 Å². The van der Waals surface area contributed by atoms with Gasteiger partial charge in [0.2, 0.25) is 0 Å². The normalized spacial score (nSPS) is 13.8. The van der Waals surface area contributed by atoms with E-state index in [1.165, 1.54) is 14.2 Å². The smallest absolute Gasteiger partial charge is 0.303 e. The van der Waals surface area contributed by atoms with Gasteiger partial charge in [0.05, 0.1) is 26.7 Å². The molecular formula is C13H18O5. The van der Waals surface area contributed by atoms with Crippen LogP contribution in [0.1, 0.15) is 25.0 Å². The summed E-state index contributed by atoms with van der Waals surface area (Å²) >= 11 is 0. The van der Waals surface area contributed by atoms with Crippen molar-refractivity contribution in [3.63, 3.8) is 0 Å². The molecule has 0 saturated carbocycles. The van der Waals surface area contributed by atoms with Crippen molar-refractivity contribution in [2.45, 2.75) is 19.4 Å². The van der Waals surface area contributed by atoms with E-state index in [1.807, 2.05) is 0 Å². The second kappa shape index (κ2) is 6.26. The van der Waals surface area contributed by atoms with Crippen molar-refractivity contribution in [3.05, 3.63) is 23.8 Å². The maximum atomic E-state index is 10.7. The van der Waals surface area contributed by atoms with Gasteiger partial charge in [-0.3, -0.25) is 4.79 Å². The summed E-state index contributed by atoms with van der Waals surface area (Å²) in [5.41, 5.74) is 0.533. The van der Waals surface area contributed by atoms with Crippen molar-refractivity contribution >= 4 is 5.97 Å². The van der Waals surface area contributed by atoms with Gasteiger partial charge in [-0.15, -0.1) is 0 Å². The zero-order chi connectivity index (χ0) is 13.7. The summed E-state index contributed by atoms with van der Waals surface area (Å²) < 4.78 is 10.3. The van der Waals surface area contributed by atoms with Crippen molar-refractivity contribution in [3.8, 4) is 11.5 Å². The molecule has 0 bridgehead atoms. The van der Waals surface area contributed by atoms with Crippen molar-refractivity contribution in [2.24, 2.45) is 5.92 Å². The molecule has 5 nitrogen and oxygen atoms in total. The van der Waals surface area contributed by atoms with Gasteiger partial charge in [0.1, 0.15) is 0 Å². The van der Waals surface area contributed by atoms with Crippen LogP contribution in [-0.4, -0.2) is 30.4 Å². The van der Waals surface area contributed by atoms with Gasteiger partial charge in [-0.05, 0) is 12.0 Å². The van der Waals surface area contributed by atoms with E-state index in [0.717, 1.165) is 0 Å². The summed E-state index contributed by atoms with van der Waals surface area (Å²) in [4.78, 5) is 10.7. The number of hydrogen-bond donors (Lipinski definition) is 2. The minimum atomic E-state index is -0.941. The molecule has 100 valence electrons. The Morgan fingerprint density at radius 3 is 2.50 bits per heavy atom. The predicted octanol–water partition coefficient (Wildman–Crippen LogP) is 1.85. The molecule has 0 amide bonds. The van der Waals surface area contributed by atoms with E-state index in [9.17, 15) is 9.90 Å². The van der Waals surface area contributed by atoms with E-state index in [2.05, 4.69) is 0 Å². The van der Waals surface area contributed by atoms with Crippen molar-refractivity contribution in [1.82, 2.24) is 0 Å². The van der Waals surface area contributed by atoms with E-state index < -0.39 is 18.0 Å². The second-order valence-corrected chi connectivity index (χ2v) is 4.10. The maximum Gasteiger partial charge on any atom is 0.303 e. The quantitative estimate of drug-likeness (QED) is 0.810. The number of carboxylic acids is 1. The first-order valence-electron chi connectivity index (χ1n) is 5.62. The van der Waals surface area contributed by atoms with Crippen molar-refractivity contribution in [2.75, 3.05) is 14.2 Å².